The molecule has 134 valence electrons. The van der Waals surface area contributed by atoms with Crippen molar-refractivity contribution in [3.8, 4) is 5.75 Å². The fourth-order valence-electron chi connectivity index (χ4n) is 1.72. The summed E-state index contributed by atoms with van der Waals surface area (Å²) in [5.74, 6) is -0.459. The summed E-state index contributed by atoms with van der Waals surface area (Å²) in [6.07, 6.45) is -1.03. The highest BCUT2D eigenvalue weighted by Gasteiger charge is 2.23. The Morgan fingerprint density at radius 2 is 2.08 bits per heavy atom. The molecule has 0 aliphatic rings. The number of nitrogens with one attached hydrogen (secondary N) is 1. The van der Waals surface area contributed by atoms with Gasteiger partial charge in [-0.2, -0.15) is 4.72 Å². The SMILES string of the molecule is CC(Cl)COc1cc(F)c2cc(S(=O)(=O)NCP(=O)(O)O)sc2c1. The van der Waals surface area contributed by atoms with Gasteiger partial charge in [0.1, 0.15) is 28.7 Å². The van der Waals surface area contributed by atoms with Gasteiger partial charge in [0.2, 0.25) is 0 Å². The lowest BCUT2D eigenvalue weighted by Gasteiger charge is -2.07. The zero-order valence-electron chi connectivity index (χ0n) is 12.3. The molecule has 0 bridgehead atoms. The molecule has 1 unspecified atom stereocenters. The van der Waals surface area contributed by atoms with Crippen LogP contribution in [0.2, 0.25) is 0 Å². The van der Waals surface area contributed by atoms with Crippen LogP contribution in [-0.4, -0.2) is 36.5 Å². The highest BCUT2D eigenvalue weighted by Crippen LogP contribution is 2.36. The molecule has 0 aliphatic carbocycles. The van der Waals surface area contributed by atoms with Gasteiger partial charge in [-0.05, 0) is 19.1 Å². The maximum atomic E-state index is 14.1. The first-order chi connectivity index (χ1) is 11.0. The van der Waals surface area contributed by atoms with Crippen LogP contribution in [0.5, 0.6) is 5.75 Å². The molecule has 3 N–H and O–H groups in total. The van der Waals surface area contributed by atoms with Crippen molar-refractivity contribution in [3.63, 3.8) is 0 Å². The Balaban J connectivity index is 2.33. The minimum Gasteiger partial charge on any atom is -0.492 e. The Hall–Kier alpha value is -0.740. The van der Waals surface area contributed by atoms with Crippen molar-refractivity contribution >= 4 is 50.6 Å². The Bertz CT molecular complexity index is 894. The third-order valence-electron chi connectivity index (χ3n) is 2.74. The first kappa shape index (κ1) is 19.6. The van der Waals surface area contributed by atoms with Gasteiger partial charge in [-0.1, -0.05) is 0 Å². The summed E-state index contributed by atoms with van der Waals surface area (Å²) in [5.41, 5.74) is 0. The number of halogens is 2. The lowest BCUT2D eigenvalue weighted by molar-refractivity contribution is 0.319. The zero-order chi connectivity index (χ0) is 18.1. The van der Waals surface area contributed by atoms with Crippen molar-refractivity contribution in [1.29, 1.82) is 0 Å². The molecular formula is C12H14ClFNO6PS2. The maximum absolute atomic E-state index is 14.1. The molecule has 0 aliphatic heterocycles. The first-order valence-corrected chi connectivity index (χ1v) is 11.1. The van der Waals surface area contributed by atoms with Crippen LogP contribution in [0, 0.1) is 5.82 Å². The molecule has 0 radical (unpaired) electrons. The van der Waals surface area contributed by atoms with Gasteiger partial charge in [0.25, 0.3) is 10.0 Å². The van der Waals surface area contributed by atoms with Crippen LogP contribution in [-0.2, 0) is 14.6 Å². The lowest BCUT2D eigenvalue weighted by Crippen LogP contribution is -2.23. The molecule has 12 heteroatoms. The van der Waals surface area contributed by atoms with E-state index in [1.165, 1.54) is 6.07 Å². The van der Waals surface area contributed by atoms with Crippen LogP contribution in [0.4, 0.5) is 4.39 Å². The Kier molecular flexibility index (Phi) is 5.91. The smallest absolute Gasteiger partial charge is 0.340 e. The molecule has 1 heterocycles. The molecule has 24 heavy (non-hydrogen) atoms. The topological polar surface area (TPSA) is 113 Å². The van der Waals surface area contributed by atoms with E-state index < -0.39 is 29.7 Å². The normalized spacial score (nSPS) is 14.0. The number of hydrogen-bond acceptors (Lipinski definition) is 5. The maximum Gasteiger partial charge on any atom is 0.340 e. The molecule has 1 aromatic carbocycles. The van der Waals surface area contributed by atoms with Gasteiger partial charge in [-0.25, -0.2) is 12.8 Å². The highest BCUT2D eigenvalue weighted by atomic mass is 35.5. The second-order valence-corrected chi connectivity index (χ2v) is 10.4. The molecule has 1 atom stereocenters. The fourth-order valence-corrected chi connectivity index (χ4v) is 5.27. The predicted octanol–water partition coefficient (Wildman–Crippen LogP) is 2.46. The fraction of sp³-hybridized carbons (Fsp3) is 0.333. The summed E-state index contributed by atoms with van der Waals surface area (Å²) in [7, 11) is -8.71. The van der Waals surface area contributed by atoms with E-state index in [4.69, 9.17) is 26.1 Å². The first-order valence-electron chi connectivity index (χ1n) is 6.52. The van der Waals surface area contributed by atoms with Gasteiger partial charge in [0, 0.05) is 16.2 Å². The Labute approximate surface area is 146 Å². The summed E-state index contributed by atoms with van der Waals surface area (Å²) in [6, 6.07) is 3.70. The summed E-state index contributed by atoms with van der Waals surface area (Å²) in [4.78, 5) is 17.5. The van der Waals surface area contributed by atoms with Gasteiger partial charge in [0.05, 0.1) is 5.38 Å². The molecule has 2 rings (SSSR count). The van der Waals surface area contributed by atoms with E-state index in [2.05, 4.69) is 0 Å². The highest BCUT2D eigenvalue weighted by molar-refractivity contribution is 7.92. The standard InChI is InChI=1S/C12H14ClFNO6PS2/c1-7(13)5-21-8-2-10(14)9-4-12(23-11(9)3-8)24(19,20)15-6-22(16,17)18/h2-4,7,15H,5-6H2,1H3,(H2,16,17,18). The third-order valence-corrected chi connectivity index (χ3v) is 6.61. The van der Waals surface area contributed by atoms with E-state index in [1.54, 1.807) is 11.6 Å². The molecule has 0 fully saturated rings. The van der Waals surface area contributed by atoms with Gasteiger partial charge >= 0.3 is 7.60 Å². The number of ether oxygens (including phenoxy) is 1. The molecule has 1 aromatic heterocycles. The molecule has 7 nitrogen and oxygen atoms in total. The van der Waals surface area contributed by atoms with Crippen LogP contribution in [0.3, 0.4) is 0 Å². The van der Waals surface area contributed by atoms with E-state index in [1.807, 2.05) is 0 Å². The van der Waals surface area contributed by atoms with Crippen molar-refractivity contribution < 1.29 is 31.9 Å². The molecule has 0 amide bonds. The van der Waals surface area contributed by atoms with Crippen LogP contribution in [0.15, 0.2) is 22.4 Å². The van der Waals surface area contributed by atoms with Crippen molar-refractivity contribution in [2.24, 2.45) is 0 Å². The lowest BCUT2D eigenvalue weighted by atomic mass is 10.2. The quantitative estimate of drug-likeness (QED) is 0.471. The summed E-state index contributed by atoms with van der Waals surface area (Å²) < 4.78 is 56.2. The van der Waals surface area contributed by atoms with Gasteiger partial charge in [0.15, 0.2) is 0 Å². The second-order valence-electron chi connectivity index (χ2n) is 4.94. The van der Waals surface area contributed by atoms with E-state index >= 15 is 0 Å². The van der Waals surface area contributed by atoms with Crippen molar-refractivity contribution in [3.05, 3.63) is 24.0 Å². The summed E-state index contributed by atoms with van der Waals surface area (Å²) >= 11 is 6.51. The number of rotatable bonds is 7. The number of fused-ring (bicyclic) bond motifs is 1. The third kappa shape index (κ3) is 5.13. The van der Waals surface area contributed by atoms with Crippen molar-refractivity contribution in [2.75, 3.05) is 12.9 Å². The largest absolute Gasteiger partial charge is 0.492 e. The number of alkyl halides is 1. The Morgan fingerprint density at radius 3 is 2.67 bits per heavy atom. The van der Waals surface area contributed by atoms with E-state index in [-0.39, 0.29) is 27.3 Å². The minimum absolute atomic E-state index is 0.0721. The van der Waals surface area contributed by atoms with E-state index in [9.17, 15) is 17.4 Å². The van der Waals surface area contributed by atoms with Crippen molar-refractivity contribution in [2.45, 2.75) is 16.5 Å². The summed E-state index contributed by atoms with van der Waals surface area (Å²) in [6.45, 7) is 1.87. The van der Waals surface area contributed by atoms with Gasteiger partial charge < -0.3 is 14.5 Å². The Morgan fingerprint density at radius 1 is 1.42 bits per heavy atom. The number of hydrogen-bond donors (Lipinski definition) is 3. The van der Waals surface area contributed by atoms with Crippen LogP contribution in [0.1, 0.15) is 6.92 Å². The number of sulfonamides is 1. The minimum atomic E-state index is -4.55. The van der Waals surface area contributed by atoms with Gasteiger partial charge in [-0.15, -0.1) is 22.9 Å². The van der Waals surface area contributed by atoms with Gasteiger partial charge in [-0.3, -0.25) is 4.57 Å². The summed E-state index contributed by atoms with van der Waals surface area (Å²) in [5, 5.41) is -0.206. The second kappa shape index (κ2) is 7.25. The molecule has 0 saturated carbocycles. The average molecular weight is 418 g/mol. The molecule has 0 saturated heterocycles. The molecule has 0 spiro atoms. The zero-order valence-corrected chi connectivity index (χ0v) is 15.6. The van der Waals surface area contributed by atoms with Crippen molar-refractivity contribution in [1.82, 2.24) is 4.72 Å². The average Bonchev–Trinajstić information content (AvgIpc) is 2.88. The van der Waals surface area contributed by atoms with Crippen LogP contribution < -0.4 is 9.46 Å². The molecule has 2 aromatic rings. The van der Waals surface area contributed by atoms with Crippen LogP contribution >= 0.6 is 30.5 Å². The van der Waals surface area contributed by atoms with E-state index in [0.717, 1.165) is 23.5 Å². The predicted molar refractivity (Wildman–Crippen MR) is 89.8 cm³/mol. The number of benzene rings is 1. The van der Waals surface area contributed by atoms with E-state index in [0.29, 0.717) is 4.70 Å². The monoisotopic (exact) mass is 417 g/mol. The van der Waals surface area contributed by atoms with Crippen LogP contribution in [0.25, 0.3) is 10.1 Å². The number of thiophene rings is 1. The molecular weight excluding hydrogens is 404 g/mol.